The van der Waals surface area contributed by atoms with Gasteiger partial charge in [-0.15, -0.1) is 11.8 Å². The molecular formula is C14H17N3O2S2. The first-order valence-corrected chi connectivity index (χ1v) is 8.14. The van der Waals surface area contributed by atoms with Crippen molar-refractivity contribution in [3.63, 3.8) is 0 Å². The fourth-order valence-corrected chi connectivity index (χ4v) is 3.55. The van der Waals surface area contributed by atoms with Crippen LogP contribution in [0.1, 0.15) is 11.3 Å². The molecule has 0 spiro atoms. The maximum atomic E-state index is 11.9. The van der Waals surface area contributed by atoms with Crippen LogP contribution >= 0.6 is 23.1 Å². The van der Waals surface area contributed by atoms with Gasteiger partial charge in [-0.3, -0.25) is 4.79 Å². The van der Waals surface area contributed by atoms with Gasteiger partial charge in [0.15, 0.2) is 5.13 Å². The summed E-state index contributed by atoms with van der Waals surface area (Å²) >= 11 is 2.87. The molecule has 0 bridgehead atoms. The van der Waals surface area contributed by atoms with Gasteiger partial charge in [-0.05, 0) is 24.6 Å². The molecule has 0 fully saturated rings. The lowest BCUT2D eigenvalue weighted by molar-refractivity contribution is -0.118. The second kappa shape index (κ2) is 7.33. The zero-order chi connectivity index (χ0) is 15.2. The van der Waals surface area contributed by atoms with Crippen molar-refractivity contribution in [2.24, 2.45) is 0 Å². The van der Waals surface area contributed by atoms with E-state index in [1.54, 1.807) is 7.11 Å². The second-order valence-corrected chi connectivity index (χ2v) is 6.62. The summed E-state index contributed by atoms with van der Waals surface area (Å²) in [5.41, 5.74) is 7.51. The number of rotatable bonds is 6. The number of amides is 1. The van der Waals surface area contributed by atoms with Gasteiger partial charge in [0.05, 0.1) is 22.8 Å². The molecule has 0 aliphatic rings. The highest BCUT2D eigenvalue weighted by molar-refractivity contribution is 8.01. The normalized spacial score (nSPS) is 10.4. The summed E-state index contributed by atoms with van der Waals surface area (Å²) in [5, 5.41) is 3.42. The van der Waals surface area contributed by atoms with Crippen molar-refractivity contribution < 1.29 is 9.53 Å². The zero-order valence-electron chi connectivity index (χ0n) is 11.9. The van der Waals surface area contributed by atoms with Crippen LogP contribution in [0.4, 0.5) is 5.13 Å². The summed E-state index contributed by atoms with van der Waals surface area (Å²) in [6, 6.07) is 7.63. The number of methoxy groups -OCH3 is 1. The third-order valence-electron chi connectivity index (χ3n) is 2.73. The number of aryl methyl sites for hydroxylation is 1. The topological polar surface area (TPSA) is 77.2 Å². The molecule has 0 atom stereocenters. The summed E-state index contributed by atoms with van der Waals surface area (Å²) in [7, 11) is 1.62. The molecular weight excluding hydrogens is 306 g/mol. The molecule has 1 heterocycles. The number of ether oxygens (including phenoxy) is 1. The van der Waals surface area contributed by atoms with Crippen LogP contribution in [0.2, 0.25) is 0 Å². The van der Waals surface area contributed by atoms with Crippen molar-refractivity contribution in [2.75, 3.05) is 18.6 Å². The van der Waals surface area contributed by atoms with Crippen LogP contribution in [-0.4, -0.2) is 23.8 Å². The average molecular weight is 323 g/mol. The van der Waals surface area contributed by atoms with Crippen LogP contribution in [0, 0.1) is 6.92 Å². The minimum Gasteiger partial charge on any atom is -0.497 e. The predicted molar refractivity (Wildman–Crippen MR) is 86.8 cm³/mol. The smallest absolute Gasteiger partial charge is 0.230 e. The molecule has 7 heteroatoms. The molecule has 112 valence electrons. The van der Waals surface area contributed by atoms with Crippen molar-refractivity contribution >= 4 is 34.1 Å². The van der Waals surface area contributed by atoms with E-state index in [-0.39, 0.29) is 5.91 Å². The van der Waals surface area contributed by atoms with Gasteiger partial charge in [-0.2, -0.15) is 0 Å². The van der Waals surface area contributed by atoms with Crippen molar-refractivity contribution in [3.05, 3.63) is 35.5 Å². The Hall–Kier alpha value is -1.73. The Morgan fingerprint density at radius 1 is 1.52 bits per heavy atom. The van der Waals surface area contributed by atoms with E-state index in [9.17, 15) is 4.79 Å². The number of anilines is 1. The van der Waals surface area contributed by atoms with E-state index in [1.165, 1.54) is 23.1 Å². The molecule has 0 saturated heterocycles. The minimum atomic E-state index is -0.0193. The highest BCUT2D eigenvalue weighted by atomic mass is 32.2. The van der Waals surface area contributed by atoms with Crippen molar-refractivity contribution in [1.29, 1.82) is 0 Å². The molecule has 0 unspecified atom stereocenters. The Kier molecular flexibility index (Phi) is 5.46. The van der Waals surface area contributed by atoms with Crippen LogP contribution < -0.4 is 15.8 Å². The maximum absolute atomic E-state index is 11.9. The van der Waals surface area contributed by atoms with Crippen LogP contribution in [0.5, 0.6) is 5.75 Å². The average Bonchev–Trinajstić information content (AvgIpc) is 2.81. The first-order valence-electron chi connectivity index (χ1n) is 6.34. The lowest BCUT2D eigenvalue weighted by atomic mass is 10.2. The van der Waals surface area contributed by atoms with Gasteiger partial charge in [0.1, 0.15) is 5.75 Å². The fraction of sp³-hybridized carbons (Fsp3) is 0.286. The summed E-state index contributed by atoms with van der Waals surface area (Å²) in [5.74, 6) is 1.12. The number of thioether (sulfide) groups is 1. The van der Waals surface area contributed by atoms with Gasteiger partial charge in [-0.25, -0.2) is 4.98 Å². The number of hydrogen-bond acceptors (Lipinski definition) is 6. The third-order valence-corrected chi connectivity index (χ3v) is 5.08. The van der Waals surface area contributed by atoms with Crippen molar-refractivity contribution in [2.45, 2.75) is 17.7 Å². The molecule has 21 heavy (non-hydrogen) atoms. The second-order valence-electron chi connectivity index (χ2n) is 4.34. The number of carbonyl (C=O) groups excluding carboxylic acids is 1. The molecule has 0 radical (unpaired) electrons. The number of carbonyl (C=O) groups is 1. The lowest BCUT2D eigenvalue weighted by Crippen LogP contribution is -2.24. The summed E-state index contributed by atoms with van der Waals surface area (Å²) in [4.78, 5) is 16.0. The molecule has 2 rings (SSSR count). The molecule has 2 aromatic rings. The summed E-state index contributed by atoms with van der Waals surface area (Å²) < 4.78 is 6.14. The van der Waals surface area contributed by atoms with E-state index in [2.05, 4.69) is 10.3 Å². The minimum absolute atomic E-state index is 0.0193. The molecule has 0 aliphatic carbocycles. The van der Waals surface area contributed by atoms with Gasteiger partial charge in [0.2, 0.25) is 5.91 Å². The maximum Gasteiger partial charge on any atom is 0.230 e. The Morgan fingerprint density at radius 2 is 2.33 bits per heavy atom. The Balaban J connectivity index is 1.80. The highest BCUT2D eigenvalue weighted by Crippen LogP contribution is 2.30. The summed E-state index contributed by atoms with van der Waals surface area (Å²) in [6.07, 6.45) is 0. The zero-order valence-corrected chi connectivity index (χ0v) is 13.5. The SMILES string of the molecule is COc1cccc(CNC(=O)CSc2sc(N)nc2C)c1. The number of nitrogen functional groups attached to an aromatic ring is 1. The number of nitrogens with one attached hydrogen (secondary N) is 1. The Bertz CT molecular complexity index is 628. The van der Waals surface area contributed by atoms with E-state index < -0.39 is 0 Å². The van der Waals surface area contributed by atoms with Gasteiger partial charge in [-0.1, -0.05) is 23.5 Å². The molecule has 5 nitrogen and oxygen atoms in total. The van der Waals surface area contributed by atoms with Crippen molar-refractivity contribution in [1.82, 2.24) is 10.3 Å². The van der Waals surface area contributed by atoms with E-state index in [1.807, 2.05) is 31.2 Å². The number of nitrogens with two attached hydrogens (primary N) is 1. The standard InChI is InChI=1S/C14H17N3O2S2/c1-9-13(21-14(15)17-9)20-8-12(18)16-7-10-4-3-5-11(6-10)19-2/h3-6H,7-8H2,1-2H3,(H2,15,17)(H,16,18). The largest absolute Gasteiger partial charge is 0.497 e. The van der Waals surface area contributed by atoms with Crippen LogP contribution in [0.3, 0.4) is 0 Å². The number of nitrogens with zero attached hydrogens (tertiary/aromatic N) is 1. The van der Waals surface area contributed by atoms with E-state index >= 15 is 0 Å². The van der Waals surface area contributed by atoms with E-state index in [4.69, 9.17) is 10.5 Å². The fourth-order valence-electron chi connectivity index (χ4n) is 1.70. The number of benzene rings is 1. The molecule has 1 amide bonds. The van der Waals surface area contributed by atoms with Crippen LogP contribution in [-0.2, 0) is 11.3 Å². The molecule has 0 aliphatic heterocycles. The molecule has 1 aromatic heterocycles. The van der Waals surface area contributed by atoms with Gasteiger partial charge in [0.25, 0.3) is 0 Å². The number of hydrogen-bond donors (Lipinski definition) is 2. The first kappa shape index (κ1) is 15.7. The highest BCUT2D eigenvalue weighted by Gasteiger charge is 2.09. The number of aromatic nitrogens is 1. The van der Waals surface area contributed by atoms with Gasteiger partial charge >= 0.3 is 0 Å². The van der Waals surface area contributed by atoms with Gasteiger partial charge < -0.3 is 15.8 Å². The Labute approximate surface area is 131 Å². The molecule has 1 aromatic carbocycles. The van der Waals surface area contributed by atoms with Gasteiger partial charge in [0, 0.05) is 6.54 Å². The third kappa shape index (κ3) is 4.64. The van der Waals surface area contributed by atoms with Crippen LogP contribution in [0.15, 0.2) is 28.5 Å². The molecule has 3 N–H and O–H groups in total. The molecule has 0 saturated carbocycles. The first-order chi connectivity index (χ1) is 10.1. The summed E-state index contributed by atoms with van der Waals surface area (Å²) in [6.45, 7) is 2.38. The quantitative estimate of drug-likeness (QED) is 0.799. The van der Waals surface area contributed by atoms with E-state index in [0.29, 0.717) is 17.4 Å². The van der Waals surface area contributed by atoms with Crippen LogP contribution in [0.25, 0.3) is 0 Å². The van der Waals surface area contributed by atoms with E-state index in [0.717, 1.165) is 21.2 Å². The van der Waals surface area contributed by atoms with Crippen molar-refractivity contribution in [3.8, 4) is 5.75 Å². The lowest BCUT2D eigenvalue weighted by Gasteiger charge is -2.06. The Morgan fingerprint density at radius 3 is 3.00 bits per heavy atom. The number of thiazole rings is 1. The monoisotopic (exact) mass is 323 g/mol. The predicted octanol–water partition coefficient (Wildman–Crippen LogP) is 2.45.